The van der Waals surface area contributed by atoms with E-state index >= 15 is 0 Å². The molecule has 2 fully saturated rings. The van der Waals surface area contributed by atoms with Gasteiger partial charge in [0.2, 0.25) is 0 Å². The Labute approximate surface area is 93.0 Å². The Morgan fingerprint density at radius 2 is 2.27 bits per heavy atom. The van der Waals surface area contributed by atoms with Crippen molar-refractivity contribution in [2.45, 2.75) is 44.6 Å². The van der Waals surface area contributed by atoms with Gasteiger partial charge in [0.25, 0.3) is 0 Å². The van der Waals surface area contributed by atoms with Gasteiger partial charge in [0, 0.05) is 25.6 Å². The first-order valence-electron chi connectivity index (χ1n) is 6.19. The molecule has 2 unspecified atom stereocenters. The van der Waals surface area contributed by atoms with E-state index in [1.54, 1.807) is 0 Å². The van der Waals surface area contributed by atoms with Crippen LogP contribution in [0.15, 0.2) is 12.2 Å². The minimum absolute atomic E-state index is 0.330. The minimum Gasteiger partial charge on any atom is -0.390 e. The number of nitrogens with zero attached hydrogens (tertiary/aromatic N) is 1. The van der Waals surface area contributed by atoms with Gasteiger partial charge in [0.1, 0.15) is 0 Å². The molecule has 2 rings (SSSR count). The summed E-state index contributed by atoms with van der Waals surface area (Å²) >= 11 is 0. The lowest BCUT2D eigenvalue weighted by Crippen LogP contribution is -2.53. The van der Waals surface area contributed by atoms with Crippen molar-refractivity contribution in [3.8, 4) is 0 Å². The fourth-order valence-corrected chi connectivity index (χ4v) is 3.16. The predicted molar refractivity (Wildman–Crippen MR) is 62.8 cm³/mol. The van der Waals surface area contributed by atoms with Gasteiger partial charge in [-0.05, 0) is 26.2 Å². The van der Waals surface area contributed by atoms with Crippen LogP contribution in [-0.2, 0) is 0 Å². The average Bonchev–Trinajstić information content (AvgIpc) is 2.17. The van der Waals surface area contributed by atoms with E-state index < -0.39 is 0 Å². The van der Waals surface area contributed by atoms with Crippen LogP contribution in [-0.4, -0.2) is 35.2 Å². The van der Waals surface area contributed by atoms with Gasteiger partial charge in [-0.2, -0.15) is 0 Å². The summed E-state index contributed by atoms with van der Waals surface area (Å²) in [5, 5.41) is 10.5. The molecule has 86 valence electrons. The molecule has 0 aromatic carbocycles. The molecule has 0 bridgehead atoms. The van der Waals surface area contributed by atoms with Crippen LogP contribution in [0.1, 0.15) is 39.0 Å². The molecule has 2 nitrogen and oxygen atoms in total. The highest BCUT2D eigenvalue weighted by molar-refractivity contribution is 4.99. The summed E-state index contributed by atoms with van der Waals surface area (Å²) < 4.78 is 0. The molecule has 1 saturated carbocycles. The standard InChI is InChI=1S/C13H23NO/c1-11(2)9-14-8-7-13(15)6-4-3-5-12(13)10-14/h12,15H,1,3-10H2,2H3. The third kappa shape index (κ3) is 2.43. The largest absolute Gasteiger partial charge is 0.390 e. The van der Waals surface area contributed by atoms with Crippen LogP contribution in [0, 0.1) is 5.92 Å². The molecule has 15 heavy (non-hydrogen) atoms. The van der Waals surface area contributed by atoms with Gasteiger partial charge in [-0.3, -0.25) is 4.90 Å². The van der Waals surface area contributed by atoms with Crippen LogP contribution >= 0.6 is 0 Å². The lowest BCUT2D eigenvalue weighted by atomic mass is 9.71. The van der Waals surface area contributed by atoms with Crippen molar-refractivity contribution in [1.82, 2.24) is 4.90 Å². The molecule has 0 radical (unpaired) electrons. The normalized spacial score (nSPS) is 37.3. The van der Waals surface area contributed by atoms with E-state index in [9.17, 15) is 5.11 Å². The van der Waals surface area contributed by atoms with Crippen molar-refractivity contribution in [2.75, 3.05) is 19.6 Å². The highest BCUT2D eigenvalue weighted by Gasteiger charge is 2.42. The molecule has 0 amide bonds. The van der Waals surface area contributed by atoms with E-state index in [0.717, 1.165) is 32.5 Å². The van der Waals surface area contributed by atoms with Crippen LogP contribution in [0.5, 0.6) is 0 Å². The third-order valence-corrected chi connectivity index (χ3v) is 4.01. The Morgan fingerprint density at radius 1 is 1.47 bits per heavy atom. The first kappa shape index (κ1) is 11.2. The van der Waals surface area contributed by atoms with E-state index in [1.807, 2.05) is 0 Å². The molecular weight excluding hydrogens is 186 g/mol. The monoisotopic (exact) mass is 209 g/mol. The first-order chi connectivity index (χ1) is 7.10. The minimum atomic E-state index is -0.330. The van der Waals surface area contributed by atoms with Crippen molar-refractivity contribution in [1.29, 1.82) is 0 Å². The molecule has 2 atom stereocenters. The molecule has 1 saturated heterocycles. The smallest absolute Gasteiger partial charge is 0.0700 e. The average molecular weight is 209 g/mol. The summed E-state index contributed by atoms with van der Waals surface area (Å²) in [6.07, 6.45) is 5.72. The number of aliphatic hydroxyl groups is 1. The SMILES string of the molecule is C=C(C)CN1CCC2(O)CCCCC2C1. The summed E-state index contributed by atoms with van der Waals surface area (Å²) in [5.74, 6) is 0.513. The maximum Gasteiger partial charge on any atom is 0.0700 e. The molecule has 1 aliphatic carbocycles. The van der Waals surface area contributed by atoms with Gasteiger partial charge in [0.15, 0.2) is 0 Å². The molecule has 1 N–H and O–H groups in total. The second-order valence-corrected chi connectivity index (χ2v) is 5.49. The van der Waals surface area contributed by atoms with Gasteiger partial charge in [-0.1, -0.05) is 25.0 Å². The Kier molecular flexibility index (Phi) is 3.17. The maximum absolute atomic E-state index is 10.5. The molecule has 0 aromatic heterocycles. The van der Waals surface area contributed by atoms with Gasteiger partial charge in [-0.25, -0.2) is 0 Å². The van der Waals surface area contributed by atoms with E-state index in [2.05, 4.69) is 18.4 Å². The number of rotatable bonds is 2. The van der Waals surface area contributed by atoms with Gasteiger partial charge >= 0.3 is 0 Å². The van der Waals surface area contributed by atoms with Crippen LogP contribution in [0.4, 0.5) is 0 Å². The van der Waals surface area contributed by atoms with Crippen molar-refractivity contribution < 1.29 is 5.11 Å². The number of hydrogen-bond acceptors (Lipinski definition) is 2. The predicted octanol–water partition coefficient (Wildman–Crippen LogP) is 2.19. The fourth-order valence-electron chi connectivity index (χ4n) is 3.16. The zero-order valence-corrected chi connectivity index (χ0v) is 9.84. The highest BCUT2D eigenvalue weighted by atomic mass is 16.3. The molecule has 0 spiro atoms. The zero-order valence-electron chi connectivity index (χ0n) is 9.84. The maximum atomic E-state index is 10.5. The molecule has 2 aliphatic rings. The van der Waals surface area contributed by atoms with E-state index in [4.69, 9.17) is 0 Å². The van der Waals surface area contributed by atoms with Crippen molar-refractivity contribution in [3.05, 3.63) is 12.2 Å². The van der Waals surface area contributed by atoms with Gasteiger partial charge in [0.05, 0.1) is 5.60 Å². The third-order valence-electron chi connectivity index (χ3n) is 4.01. The Balaban J connectivity index is 1.95. The second kappa shape index (κ2) is 4.26. The second-order valence-electron chi connectivity index (χ2n) is 5.49. The summed E-state index contributed by atoms with van der Waals surface area (Å²) in [5.41, 5.74) is 0.903. The van der Waals surface area contributed by atoms with Crippen molar-refractivity contribution in [3.63, 3.8) is 0 Å². The van der Waals surface area contributed by atoms with Crippen LogP contribution in [0.25, 0.3) is 0 Å². The van der Waals surface area contributed by atoms with Crippen LogP contribution < -0.4 is 0 Å². The Morgan fingerprint density at radius 3 is 3.00 bits per heavy atom. The molecule has 0 aromatic rings. The summed E-state index contributed by atoms with van der Waals surface area (Å²) in [6, 6.07) is 0. The fraction of sp³-hybridized carbons (Fsp3) is 0.846. The molecule has 1 heterocycles. The van der Waals surface area contributed by atoms with Crippen molar-refractivity contribution >= 4 is 0 Å². The lowest BCUT2D eigenvalue weighted by Gasteiger charge is -2.47. The molecule has 2 heteroatoms. The van der Waals surface area contributed by atoms with Crippen LogP contribution in [0.3, 0.4) is 0 Å². The van der Waals surface area contributed by atoms with Gasteiger partial charge < -0.3 is 5.11 Å². The number of hydrogen-bond donors (Lipinski definition) is 1. The Bertz CT molecular complexity index is 251. The van der Waals surface area contributed by atoms with E-state index in [-0.39, 0.29) is 5.60 Å². The van der Waals surface area contributed by atoms with E-state index in [1.165, 1.54) is 24.8 Å². The summed E-state index contributed by atoms with van der Waals surface area (Å²) in [6.45, 7) is 9.17. The first-order valence-corrected chi connectivity index (χ1v) is 6.19. The highest BCUT2D eigenvalue weighted by Crippen LogP contribution is 2.39. The van der Waals surface area contributed by atoms with Crippen LogP contribution in [0.2, 0.25) is 0 Å². The van der Waals surface area contributed by atoms with E-state index in [0.29, 0.717) is 5.92 Å². The molecule has 1 aliphatic heterocycles. The number of fused-ring (bicyclic) bond motifs is 1. The number of piperidine rings is 1. The lowest BCUT2D eigenvalue weighted by molar-refractivity contribution is -0.0937. The summed E-state index contributed by atoms with van der Waals surface area (Å²) in [7, 11) is 0. The molecular formula is C13H23NO. The van der Waals surface area contributed by atoms with Gasteiger partial charge in [-0.15, -0.1) is 0 Å². The van der Waals surface area contributed by atoms with Crippen molar-refractivity contribution in [2.24, 2.45) is 5.92 Å². The number of likely N-dealkylation sites (tertiary alicyclic amines) is 1. The summed E-state index contributed by atoms with van der Waals surface area (Å²) in [4.78, 5) is 2.45. The Hall–Kier alpha value is -0.340. The quantitative estimate of drug-likeness (QED) is 0.705. The zero-order chi connectivity index (χ0) is 10.9. The topological polar surface area (TPSA) is 23.5 Å².